The average molecular weight is 215 g/mol. The van der Waals surface area contributed by atoms with Gasteiger partial charge in [-0.1, -0.05) is 6.08 Å². The number of likely N-dealkylation sites (tertiary alicyclic amines) is 1. The molecule has 0 spiro atoms. The van der Waals surface area contributed by atoms with Gasteiger partial charge in [0, 0.05) is 24.6 Å². The molecule has 0 bridgehead atoms. The number of hydrogen-bond acceptors (Lipinski definition) is 2. The Balaban J connectivity index is 2.49. The smallest absolute Gasteiger partial charge is 0.327 e. The number of hydrogen-bond donors (Lipinski definition) is 1. The lowest BCUT2D eigenvalue weighted by molar-refractivity contribution is -0.131. The maximum Gasteiger partial charge on any atom is 0.327 e. The monoisotopic (exact) mass is 215 g/mol. The van der Waals surface area contributed by atoms with Gasteiger partial charge in [-0.3, -0.25) is 4.90 Å². The van der Waals surface area contributed by atoms with E-state index in [1.165, 1.54) is 6.08 Å². The van der Waals surface area contributed by atoms with Gasteiger partial charge in [-0.25, -0.2) is 9.18 Å². The normalized spacial score (nSPS) is 28.8. The van der Waals surface area contributed by atoms with E-state index in [0.29, 0.717) is 19.0 Å². The minimum absolute atomic E-state index is 0.240. The molecule has 4 heteroatoms. The minimum Gasteiger partial charge on any atom is -0.478 e. The first kappa shape index (κ1) is 12.2. The second-order valence-corrected chi connectivity index (χ2v) is 4.25. The largest absolute Gasteiger partial charge is 0.478 e. The molecule has 0 aromatic carbocycles. The third-order valence-corrected chi connectivity index (χ3v) is 2.84. The zero-order valence-corrected chi connectivity index (χ0v) is 9.19. The molecule has 0 aliphatic carbocycles. The number of carboxylic acid groups (broad SMARTS) is 1. The van der Waals surface area contributed by atoms with E-state index >= 15 is 0 Å². The average Bonchev–Trinajstić information content (AvgIpc) is 2.15. The van der Waals surface area contributed by atoms with Crippen LogP contribution in [0.15, 0.2) is 12.2 Å². The van der Waals surface area contributed by atoms with E-state index in [0.717, 1.165) is 12.6 Å². The van der Waals surface area contributed by atoms with Crippen molar-refractivity contribution in [3.05, 3.63) is 12.2 Å². The predicted octanol–water partition coefficient (Wildman–Crippen LogP) is 1.70. The molecule has 0 aromatic rings. The standard InChI is InChI=1S/C11H18FNO2/c1-8(2)13-6-5-9(10(12)7-13)3-4-11(14)15/h3-4,8-10H,5-7H2,1-2H3,(H,14,15)/b4-3+. The van der Waals surface area contributed by atoms with E-state index in [2.05, 4.69) is 4.90 Å². The Kier molecular flexibility index (Phi) is 4.27. The van der Waals surface area contributed by atoms with Crippen LogP contribution in [0, 0.1) is 5.92 Å². The Bertz CT molecular complexity index is 253. The van der Waals surface area contributed by atoms with Crippen LogP contribution in [-0.2, 0) is 4.79 Å². The summed E-state index contributed by atoms with van der Waals surface area (Å²) in [6.45, 7) is 5.33. The number of allylic oxidation sites excluding steroid dienone is 1. The summed E-state index contributed by atoms with van der Waals surface area (Å²) in [6, 6.07) is 0.354. The molecule has 1 saturated heterocycles. The maximum atomic E-state index is 13.6. The summed E-state index contributed by atoms with van der Waals surface area (Å²) in [4.78, 5) is 12.4. The van der Waals surface area contributed by atoms with Crippen LogP contribution in [0.3, 0.4) is 0 Å². The number of alkyl halides is 1. The molecule has 86 valence electrons. The van der Waals surface area contributed by atoms with Gasteiger partial charge in [0.15, 0.2) is 0 Å². The highest BCUT2D eigenvalue weighted by atomic mass is 19.1. The second kappa shape index (κ2) is 5.26. The quantitative estimate of drug-likeness (QED) is 0.728. The molecule has 1 fully saturated rings. The molecule has 15 heavy (non-hydrogen) atoms. The molecule has 0 amide bonds. The Morgan fingerprint density at radius 2 is 2.27 bits per heavy atom. The highest BCUT2D eigenvalue weighted by molar-refractivity contribution is 5.79. The Labute approximate surface area is 89.6 Å². The lowest BCUT2D eigenvalue weighted by atomic mass is 9.94. The van der Waals surface area contributed by atoms with E-state index in [-0.39, 0.29) is 5.92 Å². The number of rotatable bonds is 3. The highest BCUT2D eigenvalue weighted by Crippen LogP contribution is 2.23. The molecule has 2 atom stereocenters. The van der Waals surface area contributed by atoms with E-state index in [1.807, 2.05) is 13.8 Å². The van der Waals surface area contributed by atoms with Crippen molar-refractivity contribution in [2.45, 2.75) is 32.5 Å². The fourth-order valence-electron chi connectivity index (χ4n) is 1.84. The van der Waals surface area contributed by atoms with Crippen LogP contribution < -0.4 is 0 Å². The van der Waals surface area contributed by atoms with E-state index in [1.54, 1.807) is 0 Å². The molecule has 0 aromatic heterocycles. The summed E-state index contributed by atoms with van der Waals surface area (Å²) in [7, 11) is 0. The van der Waals surface area contributed by atoms with Gasteiger partial charge < -0.3 is 5.11 Å². The summed E-state index contributed by atoms with van der Waals surface area (Å²) in [6.07, 6.45) is 2.27. The number of aliphatic carboxylic acids is 1. The summed E-state index contributed by atoms with van der Waals surface area (Å²) in [5.74, 6) is -1.25. The van der Waals surface area contributed by atoms with Crippen molar-refractivity contribution < 1.29 is 14.3 Å². The molecule has 1 rings (SSSR count). The number of halogens is 1. The zero-order valence-electron chi connectivity index (χ0n) is 9.19. The molecule has 1 heterocycles. The van der Waals surface area contributed by atoms with E-state index < -0.39 is 12.1 Å². The van der Waals surface area contributed by atoms with Crippen molar-refractivity contribution in [3.8, 4) is 0 Å². The van der Waals surface area contributed by atoms with Gasteiger partial charge in [0.05, 0.1) is 0 Å². The SMILES string of the molecule is CC(C)N1CCC(/C=C/C(=O)O)C(F)C1. The van der Waals surface area contributed by atoms with Crippen molar-refractivity contribution in [1.29, 1.82) is 0 Å². The summed E-state index contributed by atoms with van der Waals surface area (Å²) in [5.41, 5.74) is 0. The fraction of sp³-hybridized carbons (Fsp3) is 0.727. The Morgan fingerprint density at radius 3 is 2.73 bits per heavy atom. The molecule has 0 radical (unpaired) electrons. The molecular weight excluding hydrogens is 197 g/mol. The Morgan fingerprint density at radius 1 is 1.60 bits per heavy atom. The van der Waals surface area contributed by atoms with Crippen molar-refractivity contribution in [3.63, 3.8) is 0 Å². The first-order valence-electron chi connectivity index (χ1n) is 5.30. The number of nitrogens with zero attached hydrogens (tertiary/aromatic N) is 1. The van der Waals surface area contributed by atoms with Crippen molar-refractivity contribution in [1.82, 2.24) is 4.90 Å². The number of carboxylic acids is 1. The Hall–Kier alpha value is -0.900. The predicted molar refractivity (Wildman–Crippen MR) is 56.5 cm³/mol. The third-order valence-electron chi connectivity index (χ3n) is 2.84. The van der Waals surface area contributed by atoms with Gasteiger partial charge in [0.2, 0.25) is 0 Å². The second-order valence-electron chi connectivity index (χ2n) is 4.25. The van der Waals surface area contributed by atoms with Crippen LogP contribution in [0.5, 0.6) is 0 Å². The van der Waals surface area contributed by atoms with Gasteiger partial charge in [0.25, 0.3) is 0 Å². The highest BCUT2D eigenvalue weighted by Gasteiger charge is 2.28. The van der Waals surface area contributed by atoms with Gasteiger partial charge in [-0.05, 0) is 26.8 Å². The third kappa shape index (κ3) is 3.63. The lowest BCUT2D eigenvalue weighted by Gasteiger charge is -2.35. The molecule has 3 nitrogen and oxygen atoms in total. The van der Waals surface area contributed by atoms with Crippen LogP contribution >= 0.6 is 0 Å². The molecule has 1 aliphatic heterocycles. The van der Waals surface area contributed by atoms with Gasteiger partial charge in [-0.15, -0.1) is 0 Å². The van der Waals surface area contributed by atoms with Crippen LogP contribution in [0.2, 0.25) is 0 Å². The molecule has 0 saturated carbocycles. The first-order valence-corrected chi connectivity index (χ1v) is 5.30. The van der Waals surface area contributed by atoms with Crippen LogP contribution in [0.4, 0.5) is 4.39 Å². The van der Waals surface area contributed by atoms with Crippen molar-refractivity contribution >= 4 is 5.97 Å². The van der Waals surface area contributed by atoms with E-state index in [9.17, 15) is 9.18 Å². The number of carbonyl (C=O) groups is 1. The zero-order chi connectivity index (χ0) is 11.4. The first-order chi connectivity index (χ1) is 7.00. The lowest BCUT2D eigenvalue weighted by Crippen LogP contribution is -2.44. The molecule has 2 unspecified atom stereocenters. The minimum atomic E-state index is -1.01. The van der Waals surface area contributed by atoms with Crippen LogP contribution in [0.1, 0.15) is 20.3 Å². The summed E-state index contributed by atoms with van der Waals surface area (Å²) < 4.78 is 13.6. The fourth-order valence-corrected chi connectivity index (χ4v) is 1.84. The molecular formula is C11H18FNO2. The topological polar surface area (TPSA) is 40.5 Å². The van der Waals surface area contributed by atoms with E-state index in [4.69, 9.17) is 5.11 Å². The number of piperidine rings is 1. The molecule has 1 aliphatic rings. The maximum absolute atomic E-state index is 13.6. The summed E-state index contributed by atoms with van der Waals surface area (Å²) in [5, 5.41) is 8.45. The van der Waals surface area contributed by atoms with Crippen molar-refractivity contribution in [2.24, 2.45) is 5.92 Å². The summed E-state index contributed by atoms with van der Waals surface area (Å²) >= 11 is 0. The van der Waals surface area contributed by atoms with Gasteiger partial charge >= 0.3 is 5.97 Å². The molecule has 1 N–H and O–H groups in total. The van der Waals surface area contributed by atoms with Gasteiger partial charge in [0.1, 0.15) is 6.17 Å². The van der Waals surface area contributed by atoms with Crippen molar-refractivity contribution in [2.75, 3.05) is 13.1 Å². The van der Waals surface area contributed by atoms with Crippen LogP contribution in [-0.4, -0.2) is 41.3 Å². The van der Waals surface area contributed by atoms with Crippen LogP contribution in [0.25, 0.3) is 0 Å². The van der Waals surface area contributed by atoms with Gasteiger partial charge in [-0.2, -0.15) is 0 Å².